The molecule has 0 aliphatic rings. The highest BCUT2D eigenvalue weighted by atomic mass is 16.5. The Bertz CT molecular complexity index is 175. The lowest BCUT2D eigenvalue weighted by Crippen LogP contribution is -2.24. The number of quaternary nitrogens is 1. The Hall–Kier alpha value is -1.36. The number of esters is 1. The lowest BCUT2D eigenvalue weighted by molar-refractivity contribution is -0.304. The van der Waals surface area contributed by atoms with Crippen LogP contribution in [0.25, 0.3) is 0 Å². The maximum absolute atomic E-state index is 10.4. The Morgan fingerprint density at radius 1 is 1.55 bits per heavy atom. The van der Waals surface area contributed by atoms with E-state index in [1.807, 2.05) is 0 Å². The largest absolute Gasteiger partial charge is 0.550 e. The number of carbonyl (C=O) groups excluding carboxylic acids is 2. The van der Waals surface area contributed by atoms with Crippen molar-refractivity contribution in [3.63, 3.8) is 0 Å². The van der Waals surface area contributed by atoms with Gasteiger partial charge in [0.1, 0.15) is 0 Å². The van der Waals surface area contributed by atoms with Gasteiger partial charge in [-0.1, -0.05) is 6.58 Å². The summed E-state index contributed by atoms with van der Waals surface area (Å²) in [6.07, 6.45) is -0.479. The second-order valence-electron chi connectivity index (χ2n) is 1.64. The van der Waals surface area contributed by atoms with Crippen LogP contribution in [-0.4, -0.2) is 19.0 Å². The van der Waals surface area contributed by atoms with Crippen molar-refractivity contribution in [3.8, 4) is 0 Å². The van der Waals surface area contributed by atoms with Gasteiger partial charge in [-0.25, -0.2) is 4.79 Å². The molecule has 0 unspecified atom stereocenters. The quantitative estimate of drug-likeness (QED) is 0.433. The van der Waals surface area contributed by atoms with Crippen LogP contribution in [0.15, 0.2) is 12.2 Å². The smallest absolute Gasteiger partial charge is 0.333 e. The molecule has 0 saturated heterocycles. The van der Waals surface area contributed by atoms with Crippen molar-refractivity contribution in [2.24, 2.45) is 0 Å². The highest BCUT2D eigenvalue weighted by molar-refractivity contribution is 5.92. The fourth-order valence-electron chi connectivity index (χ4n) is 0.391. The number of carboxylic acid groups (broad SMARTS) is 1. The van der Waals surface area contributed by atoms with Crippen LogP contribution in [0.4, 0.5) is 0 Å². The van der Waals surface area contributed by atoms with E-state index in [0.717, 1.165) is 7.11 Å². The lowest BCUT2D eigenvalue weighted by atomic mass is 10.2. The molecule has 0 aromatic heterocycles. The number of methoxy groups -OCH3 is 1. The molecule has 0 amide bonds. The zero-order valence-electron chi connectivity index (χ0n) is 6.55. The van der Waals surface area contributed by atoms with Crippen molar-refractivity contribution >= 4 is 11.9 Å². The minimum Gasteiger partial charge on any atom is -0.550 e. The molecule has 0 rings (SSSR count). The number of carboxylic acids is 1. The number of ether oxygens (including phenoxy) is 1. The van der Waals surface area contributed by atoms with Crippen molar-refractivity contribution in [2.45, 2.75) is 6.42 Å². The topological polar surface area (TPSA) is 103 Å². The third kappa shape index (κ3) is 5.10. The molecule has 5 heteroatoms. The van der Waals surface area contributed by atoms with E-state index in [-0.39, 0.29) is 11.7 Å². The minimum atomic E-state index is -1.34. The lowest BCUT2D eigenvalue weighted by Gasteiger charge is -2.02. The Labute approximate surface area is 64.2 Å². The molecule has 0 atom stereocenters. The van der Waals surface area contributed by atoms with Gasteiger partial charge < -0.3 is 20.8 Å². The first-order chi connectivity index (χ1) is 4.57. The predicted molar refractivity (Wildman–Crippen MR) is 36.8 cm³/mol. The molecule has 0 aromatic rings. The first-order valence-corrected chi connectivity index (χ1v) is 2.54. The summed E-state index contributed by atoms with van der Waals surface area (Å²) in [4.78, 5) is 20.3. The van der Waals surface area contributed by atoms with Crippen LogP contribution in [-0.2, 0) is 14.3 Å². The molecule has 0 heterocycles. The van der Waals surface area contributed by atoms with Crippen molar-refractivity contribution in [1.29, 1.82) is 0 Å². The molecule has 64 valence electrons. The number of aliphatic carboxylic acids is 1. The first-order valence-electron chi connectivity index (χ1n) is 2.54. The first kappa shape index (κ1) is 12.3. The van der Waals surface area contributed by atoms with Gasteiger partial charge in [0.15, 0.2) is 0 Å². The summed E-state index contributed by atoms with van der Waals surface area (Å²) < 4.78 is 4.18. The van der Waals surface area contributed by atoms with Crippen LogP contribution >= 0.6 is 0 Å². The van der Waals surface area contributed by atoms with E-state index in [2.05, 4.69) is 11.3 Å². The fraction of sp³-hybridized carbons (Fsp3) is 0.333. The SMILES string of the molecule is C=C(CC(=O)[O-])C(=O)OC.[NH4+]. The maximum Gasteiger partial charge on any atom is 0.333 e. The van der Waals surface area contributed by atoms with Gasteiger partial charge >= 0.3 is 5.97 Å². The monoisotopic (exact) mass is 161 g/mol. The molecule has 11 heavy (non-hydrogen) atoms. The van der Waals surface area contributed by atoms with Crippen molar-refractivity contribution in [1.82, 2.24) is 6.15 Å². The molecule has 0 bridgehead atoms. The molecule has 0 spiro atoms. The van der Waals surface area contributed by atoms with Crippen molar-refractivity contribution < 1.29 is 19.4 Å². The molecule has 0 aromatic carbocycles. The fourth-order valence-corrected chi connectivity index (χ4v) is 0.391. The molecule has 5 nitrogen and oxygen atoms in total. The van der Waals surface area contributed by atoms with Gasteiger partial charge in [-0.3, -0.25) is 0 Å². The number of rotatable bonds is 3. The van der Waals surface area contributed by atoms with E-state index in [4.69, 9.17) is 0 Å². The van der Waals surface area contributed by atoms with Crippen LogP contribution in [0.3, 0.4) is 0 Å². The Kier molecular flexibility index (Phi) is 6.08. The van der Waals surface area contributed by atoms with Crippen molar-refractivity contribution in [2.75, 3.05) is 7.11 Å². The molecule has 0 radical (unpaired) electrons. The van der Waals surface area contributed by atoms with E-state index in [1.54, 1.807) is 0 Å². The molecule has 0 aliphatic carbocycles. The summed E-state index contributed by atoms with van der Waals surface area (Å²) in [6.45, 7) is 3.17. The normalized spacial score (nSPS) is 7.73. The van der Waals surface area contributed by atoms with Gasteiger partial charge in [0.2, 0.25) is 0 Å². The minimum absolute atomic E-state index is 0. The van der Waals surface area contributed by atoms with Gasteiger partial charge in [0, 0.05) is 18.0 Å². The average Bonchev–Trinajstić information content (AvgIpc) is 1.85. The summed E-state index contributed by atoms with van der Waals surface area (Å²) in [5.74, 6) is -2.06. The Morgan fingerprint density at radius 3 is 2.27 bits per heavy atom. The molecule has 0 saturated carbocycles. The molecule has 0 fully saturated rings. The summed E-state index contributed by atoms with van der Waals surface area (Å²) in [5, 5.41) is 9.85. The third-order valence-electron chi connectivity index (χ3n) is 0.832. The van der Waals surface area contributed by atoms with Gasteiger partial charge in [-0.05, 0) is 0 Å². The summed E-state index contributed by atoms with van der Waals surface area (Å²) in [5.41, 5.74) is -0.109. The average molecular weight is 161 g/mol. The summed E-state index contributed by atoms with van der Waals surface area (Å²) in [6, 6.07) is 0. The number of hydrogen-bond donors (Lipinski definition) is 1. The zero-order chi connectivity index (χ0) is 8.15. The van der Waals surface area contributed by atoms with E-state index in [1.165, 1.54) is 0 Å². The van der Waals surface area contributed by atoms with E-state index < -0.39 is 18.4 Å². The highest BCUT2D eigenvalue weighted by Crippen LogP contribution is 1.97. The summed E-state index contributed by atoms with van der Waals surface area (Å²) >= 11 is 0. The molecule has 4 N–H and O–H groups in total. The van der Waals surface area contributed by atoms with E-state index >= 15 is 0 Å². The van der Waals surface area contributed by atoms with E-state index in [9.17, 15) is 14.7 Å². The second-order valence-corrected chi connectivity index (χ2v) is 1.64. The molecular weight excluding hydrogens is 150 g/mol. The Morgan fingerprint density at radius 2 is 2.00 bits per heavy atom. The van der Waals surface area contributed by atoms with Crippen LogP contribution in [0.2, 0.25) is 0 Å². The van der Waals surface area contributed by atoms with Crippen molar-refractivity contribution in [3.05, 3.63) is 12.2 Å². The maximum atomic E-state index is 10.4. The molecule has 0 aliphatic heterocycles. The third-order valence-corrected chi connectivity index (χ3v) is 0.832. The highest BCUT2D eigenvalue weighted by Gasteiger charge is 2.05. The standard InChI is InChI=1S/C6H8O4.H3N/c1-4(3-5(7)8)6(9)10-2;/h1,3H2,2H3,(H,7,8);1H3. The van der Waals surface area contributed by atoms with Crippen LogP contribution in [0, 0.1) is 0 Å². The van der Waals surface area contributed by atoms with Gasteiger partial charge in [0.05, 0.1) is 7.11 Å². The number of carbonyl (C=O) groups is 2. The van der Waals surface area contributed by atoms with E-state index in [0.29, 0.717) is 0 Å². The number of hydrogen-bond acceptors (Lipinski definition) is 4. The van der Waals surface area contributed by atoms with Gasteiger partial charge in [0.25, 0.3) is 0 Å². The predicted octanol–water partition coefficient (Wildman–Crippen LogP) is -0.768. The zero-order valence-corrected chi connectivity index (χ0v) is 6.55. The van der Waals surface area contributed by atoms with Crippen LogP contribution in [0.1, 0.15) is 6.42 Å². The van der Waals surface area contributed by atoms with Gasteiger partial charge in [-0.15, -0.1) is 0 Å². The summed E-state index contributed by atoms with van der Waals surface area (Å²) in [7, 11) is 1.16. The van der Waals surface area contributed by atoms with Crippen LogP contribution in [0.5, 0.6) is 0 Å². The second kappa shape index (κ2) is 5.43. The van der Waals surface area contributed by atoms with Crippen LogP contribution < -0.4 is 11.3 Å². The Balaban J connectivity index is 0. The van der Waals surface area contributed by atoms with Gasteiger partial charge in [-0.2, -0.15) is 0 Å². The molecular formula is C6H11NO4.